The molecule has 0 spiro atoms. The van der Waals surface area contributed by atoms with E-state index in [0.29, 0.717) is 12.2 Å². The van der Waals surface area contributed by atoms with Crippen LogP contribution in [0.5, 0.6) is 0 Å². The van der Waals surface area contributed by atoms with E-state index >= 15 is 0 Å². The molecule has 0 saturated heterocycles. The summed E-state index contributed by atoms with van der Waals surface area (Å²) < 4.78 is 19.3. The lowest BCUT2D eigenvalue weighted by Crippen LogP contribution is -2.43. The molecular weight excluding hydrogens is 265 g/mol. The summed E-state index contributed by atoms with van der Waals surface area (Å²) in [5.41, 5.74) is 6.59. The van der Waals surface area contributed by atoms with E-state index in [1.54, 1.807) is 12.1 Å². The fourth-order valence-corrected chi connectivity index (χ4v) is 2.80. The molecule has 1 aromatic carbocycles. The van der Waals surface area contributed by atoms with Crippen molar-refractivity contribution in [2.24, 2.45) is 5.73 Å². The topological polar surface area (TPSA) is 35.2 Å². The molecule has 2 nitrogen and oxygen atoms in total. The minimum absolute atomic E-state index is 0.137. The average molecular weight is 286 g/mol. The van der Waals surface area contributed by atoms with E-state index in [1.165, 1.54) is 18.9 Å². The first-order valence-electron chi connectivity index (χ1n) is 6.90. The first-order chi connectivity index (χ1) is 9.11. The maximum atomic E-state index is 13.7. The Morgan fingerprint density at radius 2 is 1.89 bits per heavy atom. The van der Waals surface area contributed by atoms with Crippen LogP contribution in [0, 0.1) is 5.82 Å². The van der Waals surface area contributed by atoms with E-state index in [4.69, 9.17) is 22.1 Å². The van der Waals surface area contributed by atoms with Crippen LogP contribution >= 0.6 is 11.6 Å². The van der Waals surface area contributed by atoms with Gasteiger partial charge in [-0.2, -0.15) is 0 Å². The third-order valence-electron chi connectivity index (χ3n) is 3.78. The normalized spacial score (nSPS) is 19.1. The van der Waals surface area contributed by atoms with E-state index in [2.05, 4.69) is 0 Å². The fraction of sp³-hybridized carbons (Fsp3) is 0.600. The van der Waals surface area contributed by atoms with E-state index in [9.17, 15) is 4.39 Å². The van der Waals surface area contributed by atoms with Gasteiger partial charge in [-0.05, 0) is 18.9 Å². The molecule has 2 N–H and O–H groups in total. The van der Waals surface area contributed by atoms with Gasteiger partial charge in [-0.3, -0.25) is 0 Å². The van der Waals surface area contributed by atoms with Crippen molar-refractivity contribution < 1.29 is 9.13 Å². The second kappa shape index (κ2) is 6.69. The number of hydrogen-bond donors (Lipinski definition) is 1. The molecule has 0 heterocycles. The number of rotatable bonds is 4. The van der Waals surface area contributed by atoms with Gasteiger partial charge < -0.3 is 10.5 Å². The Bertz CT molecular complexity index is 417. The van der Waals surface area contributed by atoms with Crippen LogP contribution in [0.2, 0.25) is 5.02 Å². The summed E-state index contributed by atoms with van der Waals surface area (Å²) in [6.45, 7) is 0.713. The smallest absolute Gasteiger partial charge is 0.147 e. The van der Waals surface area contributed by atoms with Gasteiger partial charge in [0, 0.05) is 11.1 Å². The van der Waals surface area contributed by atoms with Crippen LogP contribution in [0.25, 0.3) is 0 Å². The number of benzene rings is 1. The molecule has 0 bridgehead atoms. The van der Waals surface area contributed by atoms with Crippen molar-refractivity contribution in [3.8, 4) is 0 Å². The van der Waals surface area contributed by atoms with Crippen LogP contribution in [0.15, 0.2) is 18.2 Å². The minimum Gasteiger partial charge on any atom is -0.375 e. The maximum absolute atomic E-state index is 13.7. The molecule has 0 radical (unpaired) electrons. The van der Waals surface area contributed by atoms with E-state index in [1.807, 2.05) is 0 Å². The molecule has 0 amide bonds. The second-order valence-corrected chi connectivity index (χ2v) is 5.89. The van der Waals surface area contributed by atoms with Crippen LogP contribution in [0.4, 0.5) is 4.39 Å². The van der Waals surface area contributed by atoms with E-state index < -0.39 is 5.82 Å². The summed E-state index contributed by atoms with van der Waals surface area (Å²) >= 11 is 5.74. The molecule has 0 aromatic heterocycles. The Kier molecular flexibility index (Phi) is 5.20. The lowest BCUT2D eigenvalue weighted by atomic mass is 9.92. The number of nitrogens with two attached hydrogens (primary N) is 1. The molecule has 0 atom stereocenters. The zero-order valence-electron chi connectivity index (χ0n) is 11.1. The highest BCUT2D eigenvalue weighted by atomic mass is 35.5. The van der Waals surface area contributed by atoms with Crippen molar-refractivity contribution in [2.75, 3.05) is 6.61 Å². The highest BCUT2D eigenvalue weighted by Gasteiger charge is 2.26. The predicted molar refractivity (Wildman–Crippen MR) is 75.7 cm³/mol. The summed E-state index contributed by atoms with van der Waals surface area (Å²) in [4.78, 5) is 0. The van der Waals surface area contributed by atoms with Crippen LogP contribution < -0.4 is 5.73 Å². The van der Waals surface area contributed by atoms with Gasteiger partial charge in [0.25, 0.3) is 0 Å². The highest BCUT2D eigenvalue weighted by Crippen LogP contribution is 2.26. The van der Waals surface area contributed by atoms with Gasteiger partial charge in [0.2, 0.25) is 0 Å². The van der Waals surface area contributed by atoms with Gasteiger partial charge in [-0.15, -0.1) is 0 Å². The van der Waals surface area contributed by atoms with Gasteiger partial charge in [-0.25, -0.2) is 4.39 Å². The zero-order chi connectivity index (χ0) is 13.7. The Morgan fingerprint density at radius 1 is 1.21 bits per heavy atom. The Labute approximate surface area is 119 Å². The van der Waals surface area contributed by atoms with Crippen molar-refractivity contribution in [3.63, 3.8) is 0 Å². The monoisotopic (exact) mass is 285 g/mol. The highest BCUT2D eigenvalue weighted by molar-refractivity contribution is 6.30. The average Bonchev–Trinajstić information content (AvgIpc) is 2.60. The van der Waals surface area contributed by atoms with Gasteiger partial charge in [-0.1, -0.05) is 49.4 Å². The molecule has 1 saturated carbocycles. The SMILES string of the molecule is NC1(COCc2cccc(Cl)c2F)CCCCCC1. The molecule has 2 rings (SSSR count). The van der Waals surface area contributed by atoms with Gasteiger partial charge in [0.1, 0.15) is 5.82 Å². The zero-order valence-corrected chi connectivity index (χ0v) is 11.9. The van der Waals surface area contributed by atoms with Gasteiger partial charge in [0.15, 0.2) is 0 Å². The van der Waals surface area contributed by atoms with E-state index in [-0.39, 0.29) is 17.2 Å². The first kappa shape index (κ1) is 14.8. The van der Waals surface area contributed by atoms with Crippen molar-refractivity contribution in [1.82, 2.24) is 0 Å². The van der Waals surface area contributed by atoms with Gasteiger partial charge >= 0.3 is 0 Å². The van der Waals surface area contributed by atoms with Crippen molar-refractivity contribution in [1.29, 1.82) is 0 Å². The Balaban J connectivity index is 1.87. The van der Waals surface area contributed by atoms with Crippen molar-refractivity contribution in [3.05, 3.63) is 34.6 Å². The standard InChI is InChI=1S/C15H21ClFNO/c16-13-7-5-6-12(14(13)17)10-19-11-15(18)8-3-1-2-4-9-15/h5-7H,1-4,8-11,18H2. The molecule has 106 valence electrons. The van der Waals surface area contributed by atoms with Crippen LogP contribution in [0.3, 0.4) is 0 Å². The summed E-state index contributed by atoms with van der Waals surface area (Å²) in [6, 6.07) is 4.96. The van der Waals surface area contributed by atoms with E-state index in [0.717, 1.165) is 25.7 Å². The minimum atomic E-state index is -0.392. The number of ether oxygens (including phenoxy) is 1. The summed E-state index contributed by atoms with van der Waals surface area (Å²) in [7, 11) is 0. The quantitative estimate of drug-likeness (QED) is 0.847. The van der Waals surface area contributed by atoms with Crippen LogP contribution in [-0.4, -0.2) is 12.1 Å². The lowest BCUT2D eigenvalue weighted by Gasteiger charge is -2.27. The lowest BCUT2D eigenvalue weighted by molar-refractivity contribution is 0.0652. The van der Waals surface area contributed by atoms with Crippen LogP contribution in [-0.2, 0) is 11.3 Å². The first-order valence-corrected chi connectivity index (χ1v) is 7.28. The summed E-state index contributed by atoms with van der Waals surface area (Å²) in [5.74, 6) is -0.392. The maximum Gasteiger partial charge on any atom is 0.147 e. The third-order valence-corrected chi connectivity index (χ3v) is 4.07. The fourth-order valence-electron chi connectivity index (χ4n) is 2.60. The molecule has 1 aromatic rings. The summed E-state index contributed by atoms with van der Waals surface area (Å²) in [6.07, 6.45) is 6.80. The number of halogens is 2. The predicted octanol–water partition coefficient (Wildman–Crippen LogP) is 4.05. The third kappa shape index (κ3) is 4.16. The molecule has 0 unspecified atom stereocenters. The van der Waals surface area contributed by atoms with Crippen LogP contribution in [0.1, 0.15) is 44.1 Å². The molecule has 1 fully saturated rings. The largest absolute Gasteiger partial charge is 0.375 e. The molecule has 0 aliphatic heterocycles. The van der Waals surface area contributed by atoms with Crippen molar-refractivity contribution >= 4 is 11.6 Å². The van der Waals surface area contributed by atoms with Crippen molar-refractivity contribution in [2.45, 2.75) is 50.7 Å². The molecular formula is C15H21ClFNO. The molecule has 4 heteroatoms. The molecule has 1 aliphatic rings. The number of hydrogen-bond acceptors (Lipinski definition) is 2. The van der Waals surface area contributed by atoms with Gasteiger partial charge in [0.05, 0.1) is 18.2 Å². The molecule has 19 heavy (non-hydrogen) atoms. The molecule has 1 aliphatic carbocycles. The summed E-state index contributed by atoms with van der Waals surface area (Å²) in [5, 5.41) is 0.137. The Morgan fingerprint density at radius 3 is 2.58 bits per heavy atom. The Hall–Kier alpha value is -0.640. The second-order valence-electron chi connectivity index (χ2n) is 5.48.